The zero-order chi connectivity index (χ0) is 6.97. The summed E-state index contributed by atoms with van der Waals surface area (Å²) >= 11 is 0. The molecule has 0 aromatic heterocycles. The summed E-state index contributed by atoms with van der Waals surface area (Å²) in [4.78, 5) is 0. The van der Waals surface area contributed by atoms with Crippen molar-refractivity contribution in [3.8, 4) is 0 Å². The van der Waals surface area contributed by atoms with E-state index in [-0.39, 0.29) is 0 Å². The van der Waals surface area contributed by atoms with Crippen molar-refractivity contribution in [2.45, 2.75) is 31.7 Å². The van der Waals surface area contributed by atoms with E-state index < -0.39 is 0 Å². The minimum Gasteiger partial charge on any atom is -0.328 e. The molecular formula is C9H15N. The molecule has 0 aliphatic heterocycles. The van der Waals surface area contributed by atoms with Gasteiger partial charge in [-0.25, -0.2) is 0 Å². The predicted molar refractivity (Wildman–Crippen MR) is 42.6 cm³/mol. The first-order valence-corrected chi connectivity index (χ1v) is 4.27. The highest BCUT2D eigenvalue weighted by atomic mass is 14.6. The summed E-state index contributed by atoms with van der Waals surface area (Å²) < 4.78 is 0. The van der Waals surface area contributed by atoms with Crippen LogP contribution >= 0.6 is 0 Å². The van der Waals surface area contributed by atoms with Crippen molar-refractivity contribution in [2.75, 3.05) is 0 Å². The minimum atomic E-state index is 0.494. The van der Waals surface area contributed by atoms with E-state index in [4.69, 9.17) is 5.73 Å². The van der Waals surface area contributed by atoms with E-state index in [1.807, 2.05) is 0 Å². The maximum absolute atomic E-state index is 5.89. The maximum atomic E-state index is 5.89. The molecule has 1 heteroatoms. The molecule has 0 amide bonds. The topological polar surface area (TPSA) is 26.0 Å². The van der Waals surface area contributed by atoms with E-state index in [9.17, 15) is 0 Å². The Kier molecular flexibility index (Phi) is 1.53. The summed E-state index contributed by atoms with van der Waals surface area (Å²) in [6, 6.07) is 0.494. The summed E-state index contributed by atoms with van der Waals surface area (Å²) in [7, 11) is 0. The highest BCUT2D eigenvalue weighted by Gasteiger charge is 2.26. The Morgan fingerprint density at radius 1 is 1.20 bits per heavy atom. The van der Waals surface area contributed by atoms with Crippen molar-refractivity contribution in [3.63, 3.8) is 0 Å². The Hall–Kier alpha value is -0.300. The summed E-state index contributed by atoms with van der Waals surface area (Å²) in [5, 5.41) is 0. The van der Waals surface area contributed by atoms with E-state index >= 15 is 0 Å². The molecule has 3 atom stereocenters. The summed E-state index contributed by atoms with van der Waals surface area (Å²) in [6.07, 6.45) is 9.88. The van der Waals surface area contributed by atoms with Crippen LogP contribution in [0.1, 0.15) is 25.7 Å². The normalized spacial score (nSPS) is 45.5. The lowest BCUT2D eigenvalue weighted by molar-refractivity contribution is 0.262. The molecule has 1 fully saturated rings. The van der Waals surface area contributed by atoms with Gasteiger partial charge in [-0.1, -0.05) is 12.2 Å². The van der Waals surface area contributed by atoms with Crippen molar-refractivity contribution in [1.82, 2.24) is 0 Å². The Morgan fingerprint density at radius 2 is 2.10 bits per heavy atom. The smallest absolute Gasteiger partial charge is 0.00471 e. The van der Waals surface area contributed by atoms with E-state index in [1.54, 1.807) is 0 Å². The molecule has 0 aromatic carbocycles. The quantitative estimate of drug-likeness (QED) is 0.505. The van der Waals surface area contributed by atoms with Crippen LogP contribution in [-0.2, 0) is 0 Å². The Balaban J connectivity index is 2.09. The van der Waals surface area contributed by atoms with Crippen LogP contribution < -0.4 is 5.73 Å². The maximum Gasteiger partial charge on any atom is 0.00471 e. The molecule has 2 aliphatic rings. The van der Waals surface area contributed by atoms with Crippen LogP contribution in [0.3, 0.4) is 0 Å². The highest BCUT2D eigenvalue weighted by Crippen LogP contribution is 2.34. The molecule has 1 nitrogen and oxygen atoms in total. The lowest BCUT2D eigenvalue weighted by atomic mass is 9.74. The van der Waals surface area contributed by atoms with Gasteiger partial charge in [0, 0.05) is 6.04 Å². The van der Waals surface area contributed by atoms with Gasteiger partial charge in [0.1, 0.15) is 0 Å². The second-order valence-corrected chi connectivity index (χ2v) is 3.76. The lowest BCUT2D eigenvalue weighted by Gasteiger charge is -2.34. The van der Waals surface area contributed by atoms with Crippen molar-refractivity contribution in [3.05, 3.63) is 12.2 Å². The molecule has 1 unspecified atom stereocenters. The van der Waals surface area contributed by atoms with E-state index in [0.29, 0.717) is 6.04 Å². The average molecular weight is 137 g/mol. The molecular weight excluding hydrogens is 122 g/mol. The van der Waals surface area contributed by atoms with E-state index in [1.165, 1.54) is 25.7 Å². The first kappa shape index (κ1) is 6.41. The second kappa shape index (κ2) is 2.39. The predicted octanol–water partition coefficient (Wildman–Crippen LogP) is 1.69. The number of rotatable bonds is 0. The van der Waals surface area contributed by atoms with E-state index in [0.717, 1.165) is 11.8 Å². The molecule has 0 heterocycles. The molecule has 2 bridgehead atoms. The lowest BCUT2D eigenvalue weighted by Crippen LogP contribution is -2.33. The van der Waals surface area contributed by atoms with Gasteiger partial charge in [-0.3, -0.25) is 0 Å². The summed E-state index contributed by atoms with van der Waals surface area (Å²) in [6.45, 7) is 0. The number of hydrogen-bond donors (Lipinski definition) is 1. The standard InChI is InChI=1S/C9H15N/c10-9-5-7-2-1-3-8(4-7)6-9/h1-2,7-9H,3-6,10H2/t7-,8+,9?/m0/s1. The van der Waals surface area contributed by atoms with Gasteiger partial charge in [0.15, 0.2) is 0 Å². The van der Waals surface area contributed by atoms with Crippen molar-refractivity contribution < 1.29 is 0 Å². The molecule has 2 rings (SSSR count). The fourth-order valence-electron chi connectivity index (χ4n) is 2.35. The number of allylic oxidation sites excluding steroid dienone is 2. The molecule has 0 aromatic rings. The zero-order valence-corrected chi connectivity index (χ0v) is 6.29. The van der Waals surface area contributed by atoms with Gasteiger partial charge < -0.3 is 5.73 Å². The molecule has 2 N–H and O–H groups in total. The van der Waals surface area contributed by atoms with Crippen LogP contribution in [0.25, 0.3) is 0 Å². The van der Waals surface area contributed by atoms with Gasteiger partial charge in [-0.2, -0.15) is 0 Å². The number of hydrogen-bond acceptors (Lipinski definition) is 1. The molecule has 10 heavy (non-hydrogen) atoms. The first-order chi connectivity index (χ1) is 4.84. The fraction of sp³-hybridized carbons (Fsp3) is 0.778. The van der Waals surface area contributed by atoms with Gasteiger partial charge in [-0.15, -0.1) is 0 Å². The van der Waals surface area contributed by atoms with Crippen LogP contribution in [0.5, 0.6) is 0 Å². The van der Waals surface area contributed by atoms with Crippen molar-refractivity contribution in [1.29, 1.82) is 0 Å². The molecule has 1 saturated carbocycles. The third kappa shape index (κ3) is 1.10. The summed E-state index contributed by atoms with van der Waals surface area (Å²) in [5.41, 5.74) is 5.89. The largest absolute Gasteiger partial charge is 0.328 e. The molecule has 2 aliphatic carbocycles. The number of fused-ring (bicyclic) bond motifs is 2. The van der Waals surface area contributed by atoms with Crippen LogP contribution in [0.2, 0.25) is 0 Å². The highest BCUT2D eigenvalue weighted by molar-refractivity contribution is 5.00. The van der Waals surface area contributed by atoms with Crippen LogP contribution in [0, 0.1) is 11.8 Å². The third-order valence-electron chi connectivity index (χ3n) is 2.76. The Morgan fingerprint density at radius 3 is 2.90 bits per heavy atom. The zero-order valence-electron chi connectivity index (χ0n) is 6.29. The van der Waals surface area contributed by atoms with E-state index in [2.05, 4.69) is 12.2 Å². The molecule has 0 radical (unpaired) electrons. The van der Waals surface area contributed by atoms with Gasteiger partial charge in [0.05, 0.1) is 0 Å². The van der Waals surface area contributed by atoms with Crippen molar-refractivity contribution >= 4 is 0 Å². The number of nitrogens with two attached hydrogens (primary N) is 1. The third-order valence-corrected chi connectivity index (χ3v) is 2.76. The van der Waals surface area contributed by atoms with Gasteiger partial charge in [0.2, 0.25) is 0 Å². The Labute approximate surface area is 62.3 Å². The summed E-state index contributed by atoms with van der Waals surface area (Å²) in [5.74, 6) is 1.74. The van der Waals surface area contributed by atoms with Gasteiger partial charge in [0.25, 0.3) is 0 Å². The fourth-order valence-corrected chi connectivity index (χ4v) is 2.35. The second-order valence-electron chi connectivity index (χ2n) is 3.76. The van der Waals surface area contributed by atoms with Crippen LogP contribution in [0.15, 0.2) is 12.2 Å². The SMILES string of the molecule is NC1C[C@H]2C=CC[C@@H](C1)C2. The van der Waals surface area contributed by atoms with Crippen LogP contribution in [0.4, 0.5) is 0 Å². The first-order valence-electron chi connectivity index (χ1n) is 4.27. The van der Waals surface area contributed by atoms with Crippen molar-refractivity contribution in [2.24, 2.45) is 17.6 Å². The monoisotopic (exact) mass is 137 g/mol. The Bertz CT molecular complexity index is 151. The van der Waals surface area contributed by atoms with Crippen LogP contribution in [-0.4, -0.2) is 6.04 Å². The minimum absolute atomic E-state index is 0.494. The molecule has 0 spiro atoms. The molecule has 0 saturated heterocycles. The van der Waals surface area contributed by atoms with Gasteiger partial charge >= 0.3 is 0 Å². The molecule has 56 valence electrons. The average Bonchev–Trinajstić information content (AvgIpc) is 1.85. The van der Waals surface area contributed by atoms with Gasteiger partial charge in [-0.05, 0) is 37.5 Å².